The fraction of sp³-hybridized carbons (Fsp3) is 0.458. The minimum atomic E-state index is -3.74. The van der Waals surface area contributed by atoms with Crippen LogP contribution in [0.15, 0.2) is 53.4 Å². The van der Waals surface area contributed by atoms with Gasteiger partial charge in [0, 0.05) is 37.2 Å². The molecule has 2 aromatic rings. The number of amides is 1. The zero-order chi connectivity index (χ0) is 22.9. The van der Waals surface area contributed by atoms with E-state index in [1.807, 2.05) is 56.3 Å². The van der Waals surface area contributed by atoms with Crippen molar-refractivity contribution in [1.82, 2.24) is 14.5 Å². The molecule has 0 radical (unpaired) electrons. The summed E-state index contributed by atoms with van der Waals surface area (Å²) in [6, 6.07) is 14.8. The first-order valence-electron chi connectivity index (χ1n) is 11.1. The van der Waals surface area contributed by atoms with E-state index in [0.717, 1.165) is 24.0 Å². The number of carbonyl (C=O) groups is 1. The van der Waals surface area contributed by atoms with Gasteiger partial charge in [0.05, 0.1) is 4.90 Å². The quantitative estimate of drug-likeness (QED) is 0.626. The number of likely N-dealkylation sites (N-methyl/N-ethyl adjacent to an activating group) is 1. The summed E-state index contributed by atoms with van der Waals surface area (Å²) in [6.07, 6.45) is 1.39. The van der Waals surface area contributed by atoms with Crippen LogP contribution >= 0.6 is 0 Å². The smallest absolute Gasteiger partial charge is 0.261 e. The van der Waals surface area contributed by atoms with E-state index in [1.165, 1.54) is 4.31 Å². The van der Waals surface area contributed by atoms with Gasteiger partial charge in [-0.05, 0) is 50.7 Å². The molecule has 1 N–H and O–H groups in total. The zero-order valence-electron chi connectivity index (χ0n) is 18.8. The van der Waals surface area contributed by atoms with Crippen LogP contribution in [0.25, 0.3) is 0 Å². The van der Waals surface area contributed by atoms with Crippen LogP contribution in [0.2, 0.25) is 0 Å². The van der Waals surface area contributed by atoms with Gasteiger partial charge in [0.2, 0.25) is 10.0 Å². The number of fused-ring (bicyclic) bond motifs is 1. The normalized spacial score (nSPS) is 20.3. The maximum absolute atomic E-state index is 13.6. The van der Waals surface area contributed by atoms with E-state index < -0.39 is 16.1 Å². The number of rotatable bonds is 9. The fourth-order valence-electron chi connectivity index (χ4n) is 3.88. The molecule has 172 valence electrons. The van der Waals surface area contributed by atoms with E-state index in [-0.39, 0.29) is 22.8 Å². The molecule has 1 heterocycles. The number of benzene rings is 2. The van der Waals surface area contributed by atoms with Gasteiger partial charge in [-0.1, -0.05) is 37.3 Å². The van der Waals surface area contributed by atoms with Crippen LogP contribution in [0.3, 0.4) is 0 Å². The minimum Gasteiger partial charge on any atom is -0.480 e. The van der Waals surface area contributed by atoms with Gasteiger partial charge in [-0.25, -0.2) is 8.42 Å². The van der Waals surface area contributed by atoms with Crippen LogP contribution < -0.4 is 10.1 Å². The lowest BCUT2D eigenvalue weighted by Gasteiger charge is -2.24. The lowest BCUT2D eigenvalue weighted by molar-refractivity contribution is -0.128. The van der Waals surface area contributed by atoms with E-state index in [2.05, 4.69) is 5.32 Å². The lowest BCUT2D eigenvalue weighted by atomic mass is 9.97. The third-order valence-electron chi connectivity index (χ3n) is 6.00. The number of hydrogen-bond acceptors (Lipinski definition) is 5. The van der Waals surface area contributed by atoms with Crippen molar-refractivity contribution in [2.24, 2.45) is 0 Å². The van der Waals surface area contributed by atoms with Gasteiger partial charge >= 0.3 is 0 Å². The average molecular weight is 458 g/mol. The summed E-state index contributed by atoms with van der Waals surface area (Å²) in [4.78, 5) is 14.7. The van der Waals surface area contributed by atoms with Crippen molar-refractivity contribution in [3.8, 4) is 5.75 Å². The van der Waals surface area contributed by atoms with Gasteiger partial charge in [0.1, 0.15) is 5.75 Å². The highest BCUT2D eigenvalue weighted by molar-refractivity contribution is 7.89. The highest BCUT2D eigenvalue weighted by atomic mass is 32.2. The van der Waals surface area contributed by atoms with Crippen LogP contribution in [0.5, 0.6) is 5.75 Å². The van der Waals surface area contributed by atoms with Crippen LogP contribution in [0.1, 0.15) is 36.8 Å². The number of sulfonamides is 1. The molecule has 2 atom stereocenters. The Morgan fingerprint density at radius 2 is 1.81 bits per heavy atom. The second-order valence-electron chi connectivity index (χ2n) is 8.94. The largest absolute Gasteiger partial charge is 0.480 e. The van der Waals surface area contributed by atoms with E-state index in [1.54, 1.807) is 18.2 Å². The van der Waals surface area contributed by atoms with Gasteiger partial charge in [0.15, 0.2) is 6.10 Å². The summed E-state index contributed by atoms with van der Waals surface area (Å²) in [5, 5.41) is 2.98. The molecule has 4 rings (SSSR count). The molecule has 0 spiro atoms. The number of ether oxygens (including phenoxy) is 1. The van der Waals surface area contributed by atoms with E-state index in [4.69, 9.17) is 4.74 Å². The standard InChI is InChI=1S/C24H31N3O4S/c1-17-21-15-20(11-12-22(21)31-23(17)24(28)25-19-9-10-19)32(29,30)27(14-13-26(2)3)16-18-7-5-4-6-8-18/h4-8,11-12,15,17,19,23H,9-10,13-14,16H2,1-3H3,(H,25,28). The summed E-state index contributed by atoms with van der Waals surface area (Å²) < 4.78 is 34.6. The Hall–Kier alpha value is -2.42. The number of nitrogens with one attached hydrogen (secondary N) is 1. The van der Waals surface area contributed by atoms with Gasteiger partial charge in [0.25, 0.3) is 5.91 Å². The third kappa shape index (κ3) is 4.98. The second kappa shape index (κ2) is 9.21. The SMILES string of the molecule is CC1c2cc(S(=O)(=O)N(CCN(C)C)Cc3ccccc3)ccc2OC1C(=O)NC1CC1. The summed E-state index contributed by atoms with van der Waals surface area (Å²) in [5.74, 6) is 0.232. The maximum Gasteiger partial charge on any atom is 0.261 e. The molecular weight excluding hydrogens is 426 g/mol. The third-order valence-corrected chi connectivity index (χ3v) is 7.84. The van der Waals surface area contributed by atoms with Crippen molar-refractivity contribution in [3.05, 3.63) is 59.7 Å². The Balaban J connectivity index is 1.58. The summed E-state index contributed by atoms with van der Waals surface area (Å²) >= 11 is 0. The van der Waals surface area contributed by atoms with Gasteiger partial charge < -0.3 is 15.0 Å². The summed E-state index contributed by atoms with van der Waals surface area (Å²) in [7, 11) is 0.114. The lowest BCUT2D eigenvalue weighted by Crippen LogP contribution is -2.39. The molecule has 1 fully saturated rings. The van der Waals surface area contributed by atoms with E-state index in [0.29, 0.717) is 25.4 Å². The van der Waals surface area contributed by atoms with E-state index in [9.17, 15) is 13.2 Å². The van der Waals surface area contributed by atoms with E-state index >= 15 is 0 Å². The highest BCUT2D eigenvalue weighted by Gasteiger charge is 2.39. The van der Waals surface area contributed by atoms with Gasteiger partial charge in [-0.2, -0.15) is 4.31 Å². The Bertz CT molecular complexity index is 1070. The first-order chi connectivity index (χ1) is 15.3. The molecule has 1 aliphatic heterocycles. The molecule has 1 saturated carbocycles. The molecule has 2 unspecified atom stereocenters. The van der Waals surface area contributed by atoms with Crippen LogP contribution in [-0.4, -0.2) is 62.9 Å². The topological polar surface area (TPSA) is 79.0 Å². The van der Waals surface area contributed by atoms with Crippen molar-refractivity contribution in [1.29, 1.82) is 0 Å². The van der Waals surface area contributed by atoms with Crippen molar-refractivity contribution in [2.45, 2.75) is 49.3 Å². The Labute approximate surface area is 190 Å². The molecule has 7 nitrogen and oxygen atoms in total. The first kappa shape index (κ1) is 22.8. The van der Waals surface area contributed by atoms with Crippen LogP contribution in [-0.2, 0) is 21.4 Å². The first-order valence-corrected chi connectivity index (χ1v) is 12.5. The Kier molecular flexibility index (Phi) is 6.55. The molecule has 1 aliphatic carbocycles. The molecule has 0 aromatic heterocycles. The number of nitrogens with zero attached hydrogens (tertiary/aromatic N) is 2. The van der Waals surface area contributed by atoms with Crippen molar-refractivity contribution < 1.29 is 17.9 Å². The summed E-state index contributed by atoms with van der Waals surface area (Å²) in [5.41, 5.74) is 1.69. The average Bonchev–Trinajstić information content (AvgIpc) is 3.52. The zero-order valence-corrected chi connectivity index (χ0v) is 19.6. The summed E-state index contributed by atoms with van der Waals surface area (Å²) in [6.45, 7) is 3.19. The number of carbonyl (C=O) groups excluding carboxylic acids is 1. The Morgan fingerprint density at radius 1 is 1.09 bits per heavy atom. The van der Waals surface area contributed by atoms with Crippen molar-refractivity contribution in [3.63, 3.8) is 0 Å². The maximum atomic E-state index is 13.6. The van der Waals surface area contributed by atoms with Crippen molar-refractivity contribution in [2.75, 3.05) is 27.2 Å². The Morgan fingerprint density at radius 3 is 2.47 bits per heavy atom. The predicted molar refractivity (Wildman–Crippen MR) is 123 cm³/mol. The predicted octanol–water partition coefficient (Wildman–Crippen LogP) is 2.58. The molecule has 0 bridgehead atoms. The van der Waals surface area contributed by atoms with Crippen LogP contribution in [0.4, 0.5) is 0 Å². The minimum absolute atomic E-state index is 0.128. The van der Waals surface area contributed by atoms with Gasteiger partial charge in [-0.3, -0.25) is 4.79 Å². The molecule has 2 aromatic carbocycles. The van der Waals surface area contributed by atoms with Crippen LogP contribution in [0, 0.1) is 0 Å². The number of hydrogen-bond donors (Lipinski definition) is 1. The van der Waals surface area contributed by atoms with Crippen molar-refractivity contribution >= 4 is 15.9 Å². The molecule has 32 heavy (non-hydrogen) atoms. The molecule has 2 aliphatic rings. The highest BCUT2D eigenvalue weighted by Crippen LogP contribution is 2.40. The fourth-order valence-corrected chi connectivity index (χ4v) is 5.33. The molecule has 0 saturated heterocycles. The molecule has 8 heteroatoms. The van der Waals surface area contributed by atoms with Gasteiger partial charge in [-0.15, -0.1) is 0 Å². The monoisotopic (exact) mass is 457 g/mol. The molecular formula is C24H31N3O4S. The molecule has 1 amide bonds. The second-order valence-corrected chi connectivity index (χ2v) is 10.9.